The van der Waals surface area contributed by atoms with E-state index < -0.39 is 23.8 Å². The van der Waals surface area contributed by atoms with Gasteiger partial charge in [0.15, 0.2) is 6.10 Å². The number of aromatic nitrogens is 1. The Labute approximate surface area is 142 Å². The number of halogens is 3. The van der Waals surface area contributed by atoms with Gasteiger partial charge in [-0.05, 0) is 30.7 Å². The van der Waals surface area contributed by atoms with E-state index in [2.05, 4.69) is 4.98 Å². The van der Waals surface area contributed by atoms with E-state index in [1.807, 2.05) is 0 Å². The Hall–Kier alpha value is -2.77. The second-order valence-corrected chi connectivity index (χ2v) is 5.61. The van der Waals surface area contributed by atoms with Crippen LogP contribution in [-0.2, 0) is 11.0 Å². The lowest BCUT2D eigenvalue weighted by Crippen LogP contribution is -2.22. The van der Waals surface area contributed by atoms with Gasteiger partial charge in [-0.3, -0.25) is 0 Å². The number of rotatable bonds is 5. The predicted molar refractivity (Wildman–Crippen MR) is 86.7 cm³/mol. The number of carboxylic acids is 1. The fraction of sp³-hybridized carbons (Fsp3) is 0.294. The number of benzene rings is 1. The molecule has 1 aromatic carbocycles. The number of carboxylic acid groups (broad SMARTS) is 1. The first-order valence-electron chi connectivity index (χ1n) is 7.34. The minimum Gasteiger partial charge on any atom is -0.479 e. The van der Waals surface area contributed by atoms with Crippen molar-refractivity contribution in [3.8, 4) is 16.9 Å². The molecule has 8 heteroatoms. The third-order valence-electron chi connectivity index (χ3n) is 3.44. The van der Waals surface area contributed by atoms with Gasteiger partial charge in [-0.15, -0.1) is 0 Å². The van der Waals surface area contributed by atoms with Crippen molar-refractivity contribution in [3.63, 3.8) is 0 Å². The van der Waals surface area contributed by atoms with Crippen molar-refractivity contribution in [2.24, 2.45) is 0 Å². The molecule has 5 nitrogen and oxygen atoms in total. The summed E-state index contributed by atoms with van der Waals surface area (Å²) in [6, 6.07) is 7.18. The number of hydrogen-bond acceptors (Lipinski definition) is 4. The number of ether oxygens (including phenoxy) is 1. The van der Waals surface area contributed by atoms with Gasteiger partial charge in [0.05, 0.1) is 5.56 Å². The van der Waals surface area contributed by atoms with E-state index in [0.29, 0.717) is 22.7 Å². The Bertz CT molecular complexity index is 759. The van der Waals surface area contributed by atoms with Crippen LogP contribution in [0.15, 0.2) is 36.5 Å². The summed E-state index contributed by atoms with van der Waals surface area (Å²) in [7, 11) is 3.37. The molecule has 134 valence electrons. The molecule has 2 rings (SSSR count). The van der Waals surface area contributed by atoms with E-state index in [-0.39, 0.29) is 0 Å². The topological polar surface area (TPSA) is 62.7 Å². The number of nitrogens with zero attached hydrogens (tertiary/aromatic N) is 2. The quantitative estimate of drug-likeness (QED) is 0.887. The van der Waals surface area contributed by atoms with E-state index in [4.69, 9.17) is 9.84 Å². The van der Waals surface area contributed by atoms with Crippen molar-refractivity contribution in [3.05, 3.63) is 42.1 Å². The van der Waals surface area contributed by atoms with Gasteiger partial charge in [-0.1, -0.05) is 12.1 Å². The van der Waals surface area contributed by atoms with Crippen LogP contribution in [0.25, 0.3) is 11.1 Å². The van der Waals surface area contributed by atoms with Crippen LogP contribution in [0.3, 0.4) is 0 Å². The molecule has 0 spiro atoms. The molecular weight excluding hydrogens is 337 g/mol. The highest BCUT2D eigenvalue weighted by atomic mass is 19.4. The van der Waals surface area contributed by atoms with Gasteiger partial charge >= 0.3 is 12.1 Å². The highest BCUT2D eigenvalue weighted by Crippen LogP contribution is 2.36. The van der Waals surface area contributed by atoms with Crippen LogP contribution in [0.2, 0.25) is 0 Å². The normalized spacial score (nSPS) is 12.6. The number of carbonyl (C=O) groups is 1. The van der Waals surface area contributed by atoms with Gasteiger partial charge in [0.25, 0.3) is 0 Å². The zero-order chi connectivity index (χ0) is 18.8. The average Bonchev–Trinajstić information content (AvgIpc) is 2.54. The molecule has 0 aliphatic carbocycles. The molecule has 2 aromatic rings. The molecule has 1 atom stereocenters. The van der Waals surface area contributed by atoms with Gasteiger partial charge in [0.2, 0.25) is 0 Å². The summed E-state index contributed by atoms with van der Waals surface area (Å²) < 4.78 is 44.1. The molecule has 0 bridgehead atoms. The molecule has 0 aliphatic heterocycles. The number of anilines is 1. The molecule has 0 saturated carbocycles. The van der Waals surface area contributed by atoms with Gasteiger partial charge in [0, 0.05) is 25.9 Å². The lowest BCUT2D eigenvalue weighted by Gasteiger charge is -2.18. The van der Waals surface area contributed by atoms with E-state index >= 15 is 0 Å². The van der Waals surface area contributed by atoms with Crippen molar-refractivity contribution in [2.45, 2.75) is 19.2 Å². The zero-order valence-corrected chi connectivity index (χ0v) is 13.8. The summed E-state index contributed by atoms with van der Waals surface area (Å²) in [5, 5.41) is 8.83. The summed E-state index contributed by atoms with van der Waals surface area (Å²) in [5.41, 5.74) is -0.0109. The lowest BCUT2D eigenvalue weighted by atomic mass is 10.0. The van der Waals surface area contributed by atoms with Gasteiger partial charge in [-0.25, -0.2) is 9.78 Å². The Morgan fingerprint density at radius 1 is 1.24 bits per heavy atom. The molecule has 0 aliphatic rings. The summed E-state index contributed by atoms with van der Waals surface area (Å²) in [4.78, 5) is 16.3. The van der Waals surface area contributed by atoms with E-state index in [0.717, 1.165) is 12.3 Å². The summed E-state index contributed by atoms with van der Waals surface area (Å²) in [6.07, 6.45) is -4.73. The van der Waals surface area contributed by atoms with Crippen molar-refractivity contribution in [2.75, 3.05) is 19.0 Å². The largest absolute Gasteiger partial charge is 0.479 e. The summed E-state index contributed by atoms with van der Waals surface area (Å²) in [5.74, 6) is -0.411. The second kappa shape index (κ2) is 7.00. The number of hydrogen-bond donors (Lipinski definition) is 1. The molecule has 1 aromatic heterocycles. The molecule has 1 heterocycles. The molecule has 0 amide bonds. The average molecular weight is 354 g/mol. The van der Waals surface area contributed by atoms with Gasteiger partial charge < -0.3 is 14.7 Å². The smallest absolute Gasteiger partial charge is 0.417 e. The maximum Gasteiger partial charge on any atom is 0.417 e. The summed E-state index contributed by atoms with van der Waals surface area (Å²) in [6.45, 7) is 1.39. The fourth-order valence-electron chi connectivity index (χ4n) is 2.15. The third kappa shape index (κ3) is 4.40. The molecule has 25 heavy (non-hydrogen) atoms. The van der Waals surface area contributed by atoms with Crippen LogP contribution in [-0.4, -0.2) is 36.3 Å². The Morgan fingerprint density at radius 3 is 2.32 bits per heavy atom. The SMILES string of the molecule is CC(Oc1ccc(-c2cc(C(F)(F)F)cnc2N(C)C)cc1)C(=O)O. The van der Waals surface area contributed by atoms with Crippen LogP contribution in [0.5, 0.6) is 5.75 Å². The van der Waals surface area contributed by atoms with E-state index in [1.165, 1.54) is 19.1 Å². The van der Waals surface area contributed by atoms with Crippen molar-refractivity contribution >= 4 is 11.8 Å². The Morgan fingerprint density at radius 2 is 1.84 bits per heavy atom. The molecule has 1 unspecified atom stereocenters. The van der Waals surface area contributed by atoms with Crippen LogP contribution in [0.1, 0.15) is 12.5 Å². The monoisotopic (exact) mass is 354 g/mol. The van der Waals surface area contributed by atoms with Crippen LogP contribution in [0.4, 0.5) is 19.0 Å². The first kappa shape index (κ1) is 18.6. The molecule has 0 fully saturated rings. The van der Waals surface area contributed by atoms with Gasteiger partial charge in [-0.2, -0.15) is 13.2 Å². The molecule has 0 radical (unpaired) electrons. The van der Waals surface area contributed by atoms with Crippen LogP contribution < -0.4 is 9.64 Å². The first-order chi connectivity index (χ1) is 11.6. The Kier molecular flexibility index (Phi) is 5.20. The van der Waals surface area contributed by atoms with Crippen molar-refractivity contribution in [1.82, 2.24) is 4.98 Å². The fourth-order valence-corrected chi connectivity index (χ4v) is 2.15. The predicted octanol–water partition coefficient (Wildman–Crippen LogP) is 3.69. The maximum atomic E-state index is 13.0. The van der Waals surface area contributed by atoms with Gasteiger partial charge in [0.1, 0.15) is 11.6 Å². The number of pyridine rings is 1. The van der Waals surface area contributed by atoms with E-state index in [9.17, 15) is 18.0 Å². The molecule has 1 N–H and O–H groups in total. The minimum atomic E-state index is -4.49. The maximum absolute atomic E-state index is 13.0. The zero-order valence-electron chi connectivity index (χ0n) is 13.8. The molecule has 0 saturated heterocycles. The van der Waals surface area contributed by atoms with E-state index in [1.54, 1.807) is 31.1 Å². The minimum absolute atomic E-state index is 0.310. The van der Waals surface area contributed by atoms with Crippen LogP contribution >= 0.6 is 0 Å². The number of aliphatic carboxylic acids is 1. The third-order valence-corrected chi connectivity index (χ3v) is 3.44. The lowest BCUT2D eigenvalue weighted by molar-refractivity contribution is -0.144. The summed E-state index contributed by atoms with van der Waals surface area (Å²) >= 11 is 0. The first-order valence-corrected chi connectivity index (χ1v) is 7.34. The molecular formula is C17H17F3N2O3. The highest BCUT2D eigenvalue weighted by Gasteiger charge is 2.32. The van der Waals surface area contributed by atoms with Crippen LogP contribution in [0, 0.1) is 0 Å². The Balaban J connectivity index is 2.41. The second-order valence-electron chi connectivity index (χ2n) is 5.61. The van der Waals surface area contributed by atoms with Crippen molar-refractivity contribution in [1.29, 1.82) is 0 Å². The van der Waals surface area contributed by atoms with Crippen molar-refractivity contribution < 1.29 is 27.8 Å². The standard InChI is InChI=1S/C17H17F3N2O3/c1-10(16(23)24)25-13-6-4-11(5-7-13)14-8-12(17(18,19)20)9-21-15(14)22(2)3/h4-10H,1-3H3,(H,23,24). The highest BCUT2D eigenvalue weighted by molar-refractivity contribution is 5.77. The number of alkyl halides is 3.